The Bertz CT molecular complexity index is 266. The molecular formula is C13H24N2O. The molecule has 1 N–H and O–H groups in total. The molecule has 1 aliphatic carbocycles. The van der Waals surface area contributed by atoms with Crippen molar-refractivity contribution in [3.05, 3.63) is 0 Å². The van der Waals surface area contributed by atoms with Crippen LogP contribution in [0, 0.1) is 5.41 Å². The molecule has 2 fully saturated rings. The predicted octanol–water partition coefficient (Wildman–Crippen LogP) is 1.78. The van der Waals surface area contributed by atoms with Gasteiger partial charge in [-0.2, -0.15) is 0 Å². The molecular weight excluding hydrogens is 200 g/mol. The van der Waals surface area contributed by atoms with E-state index >= 15 is 0 Å². The second-order valence-electron chi connectivity index (χ2n) is 6.44. The van der Waals surface area contributed by atoms with Crippen LogP contribution in [-0.4, -0.2) is 36.0 Å². The lowest BCUT2D eigenvalue weighted by Gasteiger charge is -2.20. The molecule has 0 aromatic carbocycles. The van der Waals surface area contributed by atoms with Gasteiger partial charge in [-0.25, -0.2) is 0 Å². The molecule has 0 radical (unpaired) electrons. The van der Waals surface area contributed by atoms with Crippen molar-refractivity contribution in [3.8, 4) is 0 Å². The first-order valence-corrected chi connectivity index (χ1v) is 6.48. The van der Waals surface area contributed by atoms with E-state index in [-0.39, 0.29) is 0 Å². The minimum atomic E-state index is 0.357. The third-order valence-corrected chi connectivity index (χ3v) is 3.45. The summed E-state index contributed by atoms with van der Waals surface area (Å²) in [6, 6.07) is 0.984. The van der Waals surface area contributed by atoms with Crippen LogP contribution in [0.15, 0.2) is 0 Å². The molecule has 0 aromatic rings. The number of likely N-dealkylation sites (tertiary alicyclic amines) is 1. The Morgan fingerprint density at radius 2 is 2.06 bits per heavy atom. The molecule has 1 atom stereocenters. The Morgan fingerprint density at radius 3 is 2.62 bits per heavy atom. The van der Waals surface area contributed by atoms with Crippen molar-refractivity contribution >= 4 is 5.91 Å². The Kier molecular flexibility index (Phi) is 3.24. The van der Waals surface area contributed by atoms with E-state index in [0.717, 1.165) is 13.1 Å². The zero-order valence-corrected chi connectivity index (χ0v) is 10.8. The van der Waals surface area contributed by atoms with Gasteiger partial charge in [-0.15, -0.1) is 0 Å². The van der Waals surface area contributed by atoms with E-state index in [9.17, 15) is 4.79 Å². The Morgan fingerprint density at radius 1 is 1.38 bits per heavy atom. The van der Waals surface area contributed by atoms with Gasteiger partial charge in [-0.1, -0.05) is 20.8 Å². The summed E-state index contributed by atoms with van der Waals surface area (Å²) in [7, 11) is 0. The summed E-state index contributed by atoms with van der Waals surface area (Å²) in [6.07, 6.45) is 4.32. The van der Waals surface area contributed by atoms with Crippen molar-refractivity contribution in [1.29, 1.82) is 0 Å². The van der Waals surface area contributed by atoms with Crippen molar-refractivity contribution < 1.29 is 4.79 Å². The van der Waals surface area contributed by atoms with E-state index in [1.165, 1.54) is 19.3 Å². The number of carbonyl (C=O) groups is 1. The van der Waals surface area contributed by atoms with Crippen LogP contribution in [0.2, 0.25) is 0 Å². The Hall–Kier alpha value is -0.570. The maximum absolute atomic E-state index is 11.7. The summed E-state index contributed by atoms with van der Waals surface area (Å²) < 4.78 is 0. The first-order chi connectivity index (χ1) is 7.46. The second-order valence-corrected chi connectivity index (χ2v) is 6.44. The molecule has 0 spiro atoms. The molecule has 3 nitrogen and oxygen atoms in total. The molecule has 1 saturated carbocycles. The minimum absolute atomic E-state index is 0.357. The van der Waals surface area contributed by atoms with Crippen LogP contribution < -0.4 is 5.32 Å². The van der Waals surface area contributed by atoms with Gasteiger partial charge in [0.2, 0.25) is 5.91 Å². The minimum Gasteiger partial charge on any atom is -0.338 e. The van der Waals surface area contributed by atoms with Gasteiger partial charge in [0.15, 0.2) is 0 Å². The van der Waals surface area contributed by atoms with Gasteiger partial charge in [-0.05, 0) is 31.2 Å². The second kappa shape index (κ2) is 4.36. The van der Waals surface area contributed by atoms with Crippen molar-refractivity contribution in [2.75, 3.05) is 13.1 Å². The summed E-state index contributed by atoms with van der Waals surface area (Å²) in [6.45, 7) is 8.73. The highest BCUT2D eigenvalue weighted by atomic mass is 16.2. The molecule has 1 aliphatic heterocycles. The number of carbonyl (C=O) groups excluding carboxylic acids is 1. The van der Waals surface area contributed by atoms with E-state index < -0.39 is 0 Å². The number of nitrogens with zero attached hydrogens (tertiary/aromatic N) is 1. The van der Waals surface area contributed by atoms with Gasteiger partial charge in [0, 0.05) is 25.0 Å². The van der Waals surface area contributed by atoms with Crippen molar-refractivity contribution in [2.45, 2.75) is 58.5 Å². The van der Waals surface area contributed by atoms with Gasteiger partial charge in [0.1, 0.15) is 0 Å². The van der Waals surface area contributed by atoms with Gasteiger partial charge >= 0.3 is 0 Å². The molecule has 2 aliphatic rings. The number of rotatable bonds is 4. The van der Waals surface area contributed by atoms with Crippen molar-refractivity contribution in [3.63, 3.8) is 0 Å². The number of hydrogen-bond acceptors (Lipinski definition) is 2. The normalized spacial score (nSPS) is 26.6. The van der Waals surface area contributed by atoms with E-state index in [1.54, 1.807) is 0 Å². The zero-order chi connectivity index (χ0) is 11.8. The van der Waals surface area contributed by atoms with Crippen molar-refractivity contribution in [2.24, 2.45) is 5.41 Å². The standard InChI is InChI=1S/C13H24N2O/c1-13(2,3)6-7-14-10-8-12(16)15(9-10)11-4-5-11/h10-11,14H,4-9H2,1-3H3/t10-/m0/s1. The monoisotopic (exact) mass is 224 g/mol. The lowest BCUT2D eigenvalue weighted by molar-refractivity contribution is -0.128. The fourth-order valence-corrected chi connectivity index (χ4v) is 2.26. The van der Waals surface area contributed by atoms with E-state index in [1.807, 2.05) is 0 Å². The topological polar surface area (TPSA) is 32.3 Å². The average Bonchev–Trinajstić information content (AvgIpc) is 2.90. The number of nitrogens with one attached hydrogen (secondary N) is 1. The largest absolute Gasteiger partial charge is 0.338 e. The van der Waals surface area contributed by atoms with Gasteiger partial charge in [-0.3, -0.25) is 4.79 Å². The van der Waals surface area contributed by atoms with Gasteiger partial charge in [0.25, 0.3) is 0 Å². The molecule has 1 heterocycles. The summed E-state index contributed by atoms with van der Waals surface area (Å²) in [5.41, 5.74) is 0.381. The van der Waals surface area contributed by atoms with E-state index in [0.29, 0.717) is 29.8 Å². The smallest absolute Gasteiger partial charge is 0.224 e. The maximum Gasteiger partial charge on any atom is 0.224 e. The number of hydrogen-bond donors (Lipinski definition) is 1. The van der Waals surface area contributed by atoms with Crippen LogP contribution in [-0.2, 0) is 4.79 Å². The quantitative estimate of drug-likeness (QED) is 0.789. The van der Waals surface area contributed by atoms with Crippen LogP contribution in [0.25, 0.3) is 0 Å². The van der Waals surface area contributed by atoms with E-state index in [2.05, 4.69) is 31.0 Å². The Labute approximate surface area is 98.6 Å². The summed E-state index contributed by atoms with van der Waals surface area (Å²) in [5, 5.41) is 3.52. The molecule has 1 amide bonds. The molecule has 3 heteroatoms. The summed E-state index contributed by atoms with van der Waals surface area (Å²) in [4.78, 5) is 13.8. The molecule has 0 bridgehead atoms. The first-order valence-electron chi connectivity index (χ1n) is 6.48. The third kappa shape index (κ3) is 3.21. The van der Waals surface area contributed by atoms with Crippen LogP contribution >= 0.6 is 0 Å². The average molecular weight is 224 g/mol. The Balaban J connectivity index is 1.70. The molecule has 0 aromatic heterocycles. The SMILES string of the molecule is CC(C)(C)CCN[C@H]1CC(=O)N(C2CC2)C1. The van der Waals surface area contributed by atoms with Crippen LogP contribution in [0.4, 0.5) is 0 Å². The molecule has 1 saturated heterocycles. The van der Waals surface area contributed by atoms with E-state index in [4.69, 9.17) is 0 Å². The lowest BCUT2D eigenvalue weighted by Crippen LogP contribution is -2.35. The van der Waals surface area contributed by atoms with Gasteiger partial charge < -0.3 is 10.2 Å². The highest BCUT2D eigenvalue weighted by molar-refractivity contribution is 5.80. The predicted molar refractivity (Wildman–Crippen MR) is 65.2 cm³/mol. The molecule has 92 valence electrons. The third-order valence-electron chi connectivity index (χ3n) is 3.45. The fourth-order valence-electron chi connectivity index (χ4n) is 2.26. The molecule has 0 unspecified atom stereocenters. The van der Waals surface area contributed by atoms with Crippen LogP contribution in [0.3, 0.4) is 0 Å². The summed E-state index contributed by atoms with van der Waals surface area (Å²) in [5.74, 6) is 0.357. The lowest BCUT2D eigenvalue weighted by atomic mass is 9.92. The maximum atomic E-state index is 11.7. The van der Waals surface area contributed by atoms with Crippen LogP contribution in [0.1, 0.15) is 46.5 Å². The zero-order valence-electron chi connectivity index (χ0n) is 10.8. The van der Waals surface area contributed by atoms with Crippen molar-refractivity contribution in [1.82, 2.24) is 10.2 Å². The highest BCUT2D eigenvalue weighted by Crippen LogP contribution is 2.30. The fraction of sp³-hybridized carbons (Fsp3) is 0.923. The van der Waals surface area contributed by atoms with Gasteiger partial charge in [0.05, 0.1) is 0 Å². The highest BCUT2D eigenvalue weighted by Gasteiger charge is 2.38. The number of amides is 1. The van der Waals surface area contributed by atoms with Crippen LogP contribution in [0.5, 0.6) is 0 Å². The molecule has 2 rings (SSSR count). The summed E-state index contributed by atoms with van der Waals surface area (Å²) >= 11 is 0. The molecule has 16 heavy (non-hydrogen) atoms. The first kappa shape index (κ1) is 11.9.